The SMILES string of the molecule is Cc1ncsc1C(=O)NC1(CCl)CCCC(C)C1. The van der Waals surface area contributed by atoms with Gasteiger partial charge in [0.15, 0.2) is 0 Å². The number of aryl methyl sites for hydroxylation is 1. The maximum Gasteiger partial charge on any atom is 0.263 e. The summed E-state index contributed by atoms with van der Waals surface area (Å²) in [6.45, 7) is 4.09. The molecule has 1 aromatic heterocycles. The van der Waals surface area contributed by atoms with E-state index in [-0.39, 0.29) is 11.4 Å². The third-order valence-corrected chi connectivity index (χ3v) is 5.12. The van der Waals surface area contributed by atoms with Gasteiger partial charge in [-0.05, 0) is 25.7 Å². The molecule has 2 unspecified atom stereocenters. The molecule has 0 saturated heterocycles. The van der Waals surface area contributed by atoms with Gasteiger partial charge in [-0.2, -0.15) is 0 Å². The van der Waals surface area contributed by atoms with Crippen LogP contribution in [0.3, 0.4) is 0 Å². The van der Waals surface area contributed by atoms with Crippen molar-refractivity contribution in [1.29, 1.82) is 0 Å². The van der Waals surface area contributed by atoms with Crippen LogP contribution in [0.5, 0.6) is 0 Å². The number of nitrogens with zero attached hydrogens (tertiary/aromatic N) is 1. The molecule has 1 amide bonds. The van der Waals surface area contributed by atoms with E-state index >= 15 is 0 Å². The number of alkyl halides is 1. The number of halogens is 1. The molecule has 0 aliphatic heterocycles. The van der Waals surface area contributed by atoms with Crippen molar-refractivity contribution in [3.05, 3.63) is 16.1 Å². The number of amides is 1. The summed E-state index contributed by atoms with van der Waals surface area (Å²) in [5.74, 6) is 1.09. The quantitative estimate of drug-likeness (QED) is 0.866. The maximum absolute atomic E-state index is 12.3. The van der Waals surface area contributed by atoms with Crippen LogP contribution < -0.4 is 5.32 Å². The van der Waals surface area contributed by atoms with Crippen molar-refractivity contribution in [3.63, 3.8) is 0 Å². The molecule has 1 aromatic rings. The number of hydrogen-bond acceptors (Lipinski definition) is 3. The first-order chi connectivity index (χ1) is 8.56. The van der Waals surface area contributed by atoms with Crippen LogP contribution in [0.2, 0.25) is 0 Å². The second kappa shape index (κ2) is 5.57. The Bertz CT molecular complexity index is 434. The molecule has 0 bridgehead atoms. The maximum atomic E-state index is 12.3. The monoisotopic (exact) mass is 286 g/mol. The Balaban J connectivity index is 2.11. The number of rotatable bonds is 3. The van der Waals surface area contributed by atoms with Crippen molar-refractivity contribution in [2.75, 3.05) is 5.88 Å². The van der Waals surface area contributed by atoms with Crippen LogP contribution in [0.25, 0.3) is 0 Å². The Morgan fingerprint density at radius 3 is 3.06 bits per heavy atom. The molecular formula is C13H19ClN2OS. The zero-order valence-corrected chi connectivity index (χ0v) is 12.4. The number of hydrogen-bond donors (Lipinski definition) is 1. The van der Waals surface area contributed by atoms with Crippen LogP contribution in [0.15, 0.2) is 5.51 Å². The number of carbonyl (C=O) groups is 1. The fourth-order valence-corrected chi connectivity index (χ4v) is 3.75. The summed E-state index contributed by atoms with van der Waals surface area (Å²) in [5, 5.41) is 3.16. The van der Waals surface area contributed by atoms with E-state index in [1.807, 2.05) is 6.92 Å². The van der Waals surface area contributed by atoms with Gasteiger partial charge in [0.2, 0.25) is 0 Å². The van der Waals surface area contributed by atoms with Crippen molar-refractivity contribution in [2.24, 2.45) is 5.92 Å². The molecule has 1 N–H and O–H groups in total. The summed E-state index contributed by atoms with van der Waals surface area (Å²) in [4.78, 5) is 17.1. The van der Waals surface area contributed by atoms with E-state index in [9.17, 15) is 4.79 Å². The highest BCUT2D eigenvalue weighted by Crippen LogP contribution is 2.33. The average molecular weight is 287 g/mol. The van der Waals surface area contributed by atoms with Crippen LogP contribution >= 0.6 is 22.9 Å². The predicted molar refractivity (Wildman–Crippen MR) is 75.4 cm³/mol. The van der Waals surface area contributed by atoms with E-state index in [1.165, 1.54) is 17.8 Å². The lowest BCUT2D eigenvalue weighted by Crippen LogP contribution is -2.52. The Kier molecular flexibility index (Phi) is 4.28. The fourth-order valence-electron chi connectivity index (χ4n) is 2.75. The summed E-state index contributed by atoms with van der Waals surface area (Å²) in [6, 6.07) is 0. The first-order valence-electron chi connectivity index (χ1n) is 6.35. The number of carbonyl (C=O) groups excluding carboxylic acids is 1. The van der Waals surface area contributed by atoms with E-state index in [0.717, 1.165) is 25.0 Å². The van der Waals surface area contributed by atoms with Gasteiger partial charge in [-0.25, -0.2) is 4.98 Å². The van der Waals surface area contributed by atoms with Crippen molar-refractivity contribution < 1.29 is 4.79 Å². The van der Waals surface area contributed by atoms with Crippen molar-refractivity contribution in [1.82, 2.24) is 10.3 Å². The van der Waals surface area contributed by atoms with Crippen LogP contribution in [0, 0.1) is 12.8 Å². The van der Waals surface area contributed by atoms with Gasteiger partial charge >= 0.3 is 0 Å². The first-order valence-corrected chi connectivity index (χ1v) is 7.76. The third kappa shape index (κ3) is 2.86. The van der Waals surface area contributed by atoms with Crippen LogP contribution in [-0.2, 0) is 0 Å². The zero-order chi connectivity index (χ0) is 13.2. The lowest BCUT2D eigenvalue weighted by molar-refractivity contribution is 0.0870. The summed E-state index contributed by atoms with van der Waals surface area (Å²) >= 11 is 7.51. The van der Waals surface area contributed by atoms with Gasteiger partial charge in [0.1, 0.15) is 4.88 Å². The Hall–Kier alpha value is -0.610. The lowest BCUT2D eigenvalue weighted by Gasteiger charge is -2.39. The number of nitrogens with one attached hydrogen (secondary N) is 1. The molecule has 3 nitrogen and oxygen atoms in total. The van der Waals surface area contributed by atoms with Crippen molar-refractivity contribution in [2.45, 2.75) is 45.1 Å². The summed E-state index contributed by atoms with van der Waals surface area (Å²) < 4.78 is 0. The van der Waals surface area contributed by atoms with Gasteiger partial charge in [-0.15, -0.1) is 22.9 Å². The molecule has 0 radical (unpaired) electrons. The van der Waals surface area contributed by atoms with Crippen LogP contribution in [0.1, 0.15) is 48.0 Å². The van der Waals surface area contributed by atoms with Crippen molar-refractivity contribution >= 4 is 28.8 Å². The molecule has 1 heterocycles. The minimum Gasteiger partial charge on any atom is -0.345 e. The summed E-state index contributed by atoms with van der Waals surface area (Å²) in [7, 11) is 0. The molecule has 1 aliphatic carbocycles. The molecule has 2 rings (SSSR count). The number of aromatic nitrogens is 1. The van der Waals surface area contributed by atoms with E-state index in [2.05, 4.69) is 17.2 Å². The average Bonchev–Trinajstić information content (AvgIpc) is 2.75. The lowest BCUT2D eigenvalue weighted by atomic mass is 9.77. The largest absolute Gasteiger partial charge is 0.345 e. The molecular weight excluding hydrogens is 268 g/mol. The van der Waals surface area contributed by atoms with E-state index in [0.29, 0.717) is 16.7 Å². The van der Waals surface area contributed by atoms with E-state index in [4.69, 9.17) is 11.6 Å². The van der Waals surface area contributed by atoms with Gasteiger partial charge in [-0.1, -0.05) is 19.8 Å². The molecule has 18 heavy (non-hydrogen) atoms. The van der Waals surface area contributed by atoms with Crippen molar-refractivity contribution in [3.8, 4) is 0 Å². The predicted octanol–water partition coefficient (Wildman–Crippen LogP) is 3.37. The smallest absolute Gasteiger partial charge is 0.263 e. The Morgan fingerprint density at radius 2 is 2.50 bits per heavy atom. The van der Waals surface area contributed by atoms with Gasteiger partial charge in [0.25, 0.3) is 5.91 Å². The first kappa shape index (κ1) is 13.8. The van der Waals surface area contributed by atoms with Gasteiger partial charge in [0.05, 0.1) is 16.7 Å². The van der Waals surface area contributed by atoms with Crippen LogP contribution in [0.4, 0.5) is 0 Å². The highest BCUT2D eigenvalue weighted by Gasteiger charge is 2.36. The Morgan fingerprint density at radius 1 is 1.72 bits per heavy atom. The van der Waals surface area contributed by atoms with E-state index < -0.39 is 0 Å². The second-order valence-corrected chi connectivity index (χ2v) is 6.46. The third-order valence-electron chi connectivity index (χ3n) is 3.68. The topological polar surface area (TPSA) is 42.0 Å². The molecule has 0 spiro atoms. The minimum atomic E-state index is -0.229. The molecule has 1 aliphatic rings. The fraction of sp³-hybridized carbons (Fsp3) is 0.692. The van der Waals surface area contributed by atoms with Gasteiger partial charge < -0.3 is 5.32 Å². The van der Waals surface area contributed by atoms with Crippen LogP contribution in [-0.4, -0.2) is 22.3 Å². The van der Waals surface area contributed by atoms with Gasteiger partial charge in [-0.3, -0.25) is 4.79 Å². The number of thiazole rings is 1. The molecule has 2 atom stereocenters. The molecule has 5 heteroatoms. The molecule has 1 fully saturated rings. The standard InChI is InChI=1S/C13H19ClN2OS/c1-9-4-3-5-13(6-9,7-14)16-12(17)11-10(2)15-8-18-11/h8-9H,3-7H2,1-2H3,(H,16,17). The molecule has 1 saturated carbocycles. The van der Waals surface area contributed by atoms with E-state index in [1.54, 1.807) is 5.51 Å². The molecule has 0 aromatic carbocycles. The summed E-state index contributed by atoms with van der Waals surface area (Å²) in [6.07, 6.45) is 4.31. The highest BCUT2D eigenvalue weighted by molar-refractivity contribution is 7.11. The zero-order valence-electron chi connectivity index (χ0n) is 10.8. The summed E-state index contributed by atoms with van der Waals surface area (Å²) in [5.41, 5.74) is 2.28. The van der Waals surface area contributed by atoms with Gasteiger partial charge in [0, 0.05) is 5.88 Å². The Labute approximate surface area is 117 Å². The minimum absolute atomic E-state index is 0.0234. The molecule has 100 valence electrons. The highest BCUT2D eigenvalue weighted by atomic mass is 35.5. The normalized spacial score (nSPS) is 28.1. The second-order valence-electron chi connectivity index (χ2n) is 5.34.